The van der Waals surface area contributed by atoms with Crippen LogP contribution in [-0.4, -0.2) is 29.8 Å². The van der Waals surface area contributed by atoms with Crippen molar-refractivity contribution in [1.29, 1.82) is 0 Å². The van der Waals surface area contributed by atoms with Gasteiger partial charge >= 0.3 is 0 Å². The third-order valence-electron chi connectivity index (χ3n) is 4.61. The Morgan fingerprint density at radius 1 is 1.15 bits per heavy atom. The third-order valence-corrected chi connectivity index (χ3v) is 4.89. The van der Waals surface area contributed by atoms with Crippen LogP contribution in [0.25, 0.3) is 11.1 Å². The molecule has 1 fully saturated rings. The Hall–Kier alpha value is -2.22. The van der Waals surface area contributed by atoms with Crippen molar-refractivity contribution >= 4 is 17.4 Å². The minimum atomic E-state index is -1.07. The van der Waals surface area contributed by atoms with Crippen LogP contribution in [0.15, 0.2) is 17.1 Å². The number of nitrogens with two attached hydrogens (primary N) is 1. The number of anilines is 1. The molecular formula is C17H19ClF3N5. The highest BCUT2D eigenvalue weighted by Crippen LogP contribution is 2.38. The molecule has 0 unspecified atom stereocenters. The summed E-state index contributed by atoms with van der Waals surface area (Å²) in [5, 5.41) is -0.148. The molecule has 0 saturated carbocycles. The van der Waals surface area contributed by atoms with Crippen molar-refractivity contribution in [3.63, 3.8) is 0 Å². The van der Waals surface area contributed by atoms with E-state index in [1.54, 1.807) is 0 Å². The molecule has 0 aliphatic carbocycles. The average molecular weight is 386 g/mol. The Morgan fingerprint density at radius 2 is 1.73 bits per heavy atom. The Labute approximate surface area is 153 Å². The average Bonchev–Trinajstić information content (AvgIpc) is 2.58. The van der Waals surface area contributed by atoms with Gasteiger partial charge in [-0.2, -0.15) is 4.98 Å². The first kappa shape index (κ1) is 18.6. The number of nitrogen functional groups attached to an aromatic ring is 1. The molecule has 0 radical (unpaired) electrons. The van der Waals surface area contributed by atoms with Gasteiger partial charge in [-0.3, -0.25) is 4.99 Å². The lowest BCUT2D eigenvalue weighted by Crippen LogP contribution is -2.41. The molecule has 2 aromatic rings. The number of aromatic nitrogens is 2. The number of benzene rings is 1. The maximum atomic E-state index is 14.4. The Balaban J connectivity index is 2.31. The Bertz CT molecular complexity index is 881. The fraction of sp³-hybridized carbons (Fsp3) is 0.412. The van der Waals surface area contributed by atoms with Crippen LogP contribution in [-0.2, 0) is 0 Å². The van der Waals surface area contributed by atoms with Crippen molar-refractivity contribution in [2.45, 2.75) is 19.8 Å². The normalized spacial score (nSPS) is 16.4. The van der Waals surface area contributed by atoms with E-state index in [1.807, 2.05) is 4.90 Å². The summed E-state index contributed by atoms with van der Waals surface area (Å²) in [4.78, 5) is 9.89. The van der Waals surface area contributed by atoms with E-state index in [2.05, 4.69) is 16.9 Å². The van der Waals surface area contributed by atoms with Gasteiger partial charge in [0, 0.05) is 32.3 Å². The predicted molar refractivity (Wildman–Crippen MR) is 94.8 cm³/mol. The molecule has 3 rings (SSSR count). The largest absolute Gasteiger partial charge is 0.356 e. The van der Waals surface area contributed by atoms with E-state index in [0.717, 1.165) is 12.8 Å². The number of halogens is 4. The van der Waals surface area contributed by atoms with Crippen LogP contribution in [0.5, 0.6) is 0 Å². The first-order chi connectivity index (χ1) is 12.3. The summed E-state index contributed by atoms with van der Waals surface area (Å²) in [5.41, 5.74) is -0.346. The smallest absolute Gasteiger partial charge is 0.246 e. The lowest BCUT2D eigenvalue weighted by molar-refractivity contribution is 0.434. The summed E-state index contributed by atoms with van der Waals surface area (Å²) >= 11 is 6.26. The molecule has 1 saturated heterocycles. The van der Waals surface area contributed by atoms with E-state index < -0.39 is 23.0 Å². The fourth-order valence-electron chi connectivity index (χ4n) is 3.19. The van der Waals surface area contributed by atoms with E-state index in [4.69, 9.17) is 17.4 Å². The predicted octanol–water partition coefficient (Wildman–Crippen LogP) is 3.10. The lowest BCUT2D eigenvalue weighted by Gasteiger charge is -2.34. The van der Waals surface area contributed by atoms with Gasteiger partial charge in [0.15, 0.2) is 0 Å². The highest BCUT2D eigenvalue weighted by Gasteiger charge is 2.28. The zero-order valence-electron chi connectivity index (χ0n) is 14.4. The summed E-state index contributed by atoms with van der Waals surface area (Å²) in [6, 6.07) is 1.21. The molecule has 9 heteroatoms. The van der Waals surface area contributed by atoms with E-state index in [0.29, 0.717) is 37.0 Å². The minimum absolute atomic E-state index is 0.00822. The molecule has 1 aliphatic rings. The quantitative estimate of drug-likeness (QED) is 0.638. The highest BCUT2D eigenvalue weighted by molar-refractivity contribution is 6.32. The number of piperidine rings is 1. The van der Waals surface area contributed by atoms with Gasteiger partial charge in [0.05, 0.1) is 11.1 Å². The summed E-state index contributed by atoms with van der Waals surface area (Å²) < 4.78 is 43.4. The van der Waals surface area contributed by atoms with Crippen LogP contribution >= 0.6 is 11.6 Å². The number of hydrogen-bond donors (Lipinski definition) is 1. The second-order valence-electron chi connectivity index (χ2n) is 6.41. The first-order valence-corrected chi connectivity index (χ1v) is 8.61. The van der Waals surface area contributed by atoms with Crippen LogP contribution in [0.4, 0.5) is 19.0 Å². The highest BCUT2D eigenvalue weighted by atomic mass is 35.5. The third kappa shape index (κ3) is 3.25. The van der Waals surface area contributed by atoms with Crippen molar-refractivity contribution in [3.05, 3.63) is 40.4 Å². The molecule has 5 nitrogen and oxygen atoms in total. The van der Waals surface area contributed by atoms with Gasteiger partial charge in [0.2, 0.25) is 5.62 Å². The zero-order chi connectivity index (χ0) is 19.0. The van der Waals surface area contributed by atoms with Crippen LogP contribution in [0.3, 0.4) is 0 Å². The molecule has 26 heavy (non-hydrogen) atoms. The molecule has 1 aliphatic heterocycles. The van der Waals surface area contributed by atoms with Crippen molar-refractivity contribution in [1.82, 2.24) is 9.66 Å². The Morgan fingerprint density at radius 3 is 2.27 bits per heavy atom. The summed E-state index contributed by atoms with van der Waals surface area (Å²) in [6.45, 7) is 3.42. The Kier molecular flexibility index (Phi) is 5.13. The maximum absolute atomic E-state index is 14.4. The van der Waals surface area contributed by atoms with Gasteiger partial charge in [-0.15, -0.1) is 0 Å². The van der Waals surface area contributed by atoms with E-state index >= 15 is 0 Å². The molecule has 2 heterocycles. The van der Waals surface area contributed by atoms with E-state index in [-0.39, 0.29) is 16.3 Å². The molecule has 0 bridgehead atoms. The van der Waals surface area contributed by atoms with Crippen molar-refractivity contribution in [2.75, 3.05) is 30.9 Å². The van der Waals surface area contributed by atoms with Crippen molar-refractivity contribution in [3.8, 4) is 11.1 Å². The van der Waals surface area contributed by atoms with E-state index in [1.165, 1.54) is 11.7 Å². The maximum Gasteiger partial charge on any atom is 0.246 e. The summed E-state index contributed by atoms with van der Waals surface area (Å²) in [5.74, 6) is 3.83. The van der Waals surface area contributed by atoms with Gasteiger partial charge < -0.3 is 10.7 Å². The summed E-state index contributed by atoms with van der Waals surface area (Å²) in [7, 11) is 1.49. The van der Waals surface area contributed by atoms with Crippen LogP contribution in [0.1, 0.15) is 19.8 Å². The molecule has 140 valence electrons. The molecule has 0 spiro atoms. The fourth-order valence-corrected chi connectivity index (χ4v) is 3.44. The first-order valence-electron chi connectivity index (χ1n) is 8.23. The molecular weight excluding hydrogens is 367 g/mol. The van der Waals surface area contributed by atoms with Gasteiger partial charge in [0.1, 0.15) is 28.4 Å². The molecule has 0 atom stereocenters. The number of nitrogens with zero attached hydrogens (tertiary/aromatic N) is 4. The van der Waals surface area contributed by atoms with Gasteiger partial charge in [-0.05, 0) is 18.8 Å². The molecule has 2 N–H and O–H groups in total. The molecule has 0 amide bonds. The SMILES string of the molecule is CN=c1nc(Cl)c(-c2c(F)cc(F)cc2F)c(N2CCC(C)CC2)n1N. The second-order valence-corrected chi connectivity index (χ2v) is 6.77. The van der Waals surface area contributed by atoms with Crippen LogP contribution < -0.4 is 16.4 Å². The molecule has 1 aromatic heterocycles. The second kappa shape index (κ2) is 7.19. The van der Waals surface area contributed by atoms with Crippen LogP contribution in [0, 0.1) is 23.4 Å². The monoisotopic (exact) mass is 385 g/mol. The molecule has 1 aromatic carbocycles. The van der Waals surface area contributed by atoms with Gasteiger partial charge in [-0.1, -0.05) is 18.5 Å². The number of rotatable bonds is 2. The van der Waals surface area contributed by atoms with E-state index in [9.17, 15) is 13.2 Å². The lowest BCUT2D eigenvalue weighted by atomic mass is 9.98. The standard InChI is InChI=1S/C17H19ClF3N5/c1-9-3-5-25(6-4-9)16-14(15(18)24-17(23-2)26(16)22)13-11(20)7-10(19)8-12(13)21/h7-9H,3-6,22H2,1-2H3. The van der Waals surface area contributed by atoms with Crippen molar-refractivity contribution < 1.29 is 13.2 Å². The van der Waals surface area contributed by atoms with Gasteiger partial charge in [0.25, 0.3) is 0 Å². The van der Waals surface area contributed by atoms with Crippen LogP contribution in [0.2, 0.25) is 5.15 Å². The van der Waals surface area contributed by atoms with Crippen molar-refractivity contribution in [2.24, 2.45) is 10.9 Å². The number of hydrogen-bond acceptors (Lipinski definition) is 4. The summed E-state index contributed by atoms with van der Waals surface area (Å²) in [6.07, 6.45) is 1.79. The minimum Gasteiger partial charge on any atom is -0.356 e. The topological polar surface area (TPSA) is 59.4 Å². The zero-order valence-corrected chi connectivity index (χ0v) is 15.2. The van der Waals surface area contributed by atoms with Gasteiger partial charge in [-0.25, -0.2) is 17.8 Å².